The molecular formula is C31H36N4O5. The lowest BCUT2D eigenvalue weighted by Gasteiger charge is -2.34. The van der Waals surface area contributed by atoms with E-state index < -0.39 is 12.1 Å². The van der Waals surface area contributed by atoms with E-state index in [-0.39, 0.29) is 17.7 Å². The van der Waals surface area contributed by atoms with E-state index in [0.717, 1.165) is 11.3 Å². The molecule has 3 aromatic carbocycles. The van der Waals surface area contributed by atoms with Crippen molar-refractivity contribution in [2.75, 3.05) is 37.4 Å². The Kier molecular flexibility index (Phi) is 9.99. The van der Waals surface area contributed by atoms with Crippen LogP contribution in [0.5, 0.6) is 11.5 Å². The van der Waals surface area contributed by atoms with Gasteiger partial charge in [0.25, 0.3) is 0 Å². The van der Waals surface area contributed by atoms with Crippen LogP contribution in [0.2, 0.25) is 0 Å². The molecule has 0 spiro atoms. The van der Waals surface area contributed by atoms with Crippen LogP contribution in [0, 0.1) is 5.92 Å². The summed E-state index contributed by atoms with van der Waals surface area (Å²) in [5.41, 5.74) is 2.16. The molecule has 1 aliphatic heterocycles. The molecule has 1 aliphatic rings. The number of nitrogens with one attached hydrogen (secondary N) is 3. The number of ether oxygens (including phenoxy) is 2. The van der Waals surface area contributed by atoms with Crippen LogP contribution in [0.25, 0.3) is 0 Å². The van der Waals surface area contributed by atoms with Gasteiger partial charge < -0.3 is 30.3 Å². The van der Waals surface area contributed by atoms with Crippen molar-refractivity contribution in [3.63, 3.8) is 0 Å². The highest BCUT2D eigenvalue weighted by molar-refractivity contribution is 5.95. The van der Waals surface area contributed by atoms with Crippen molar-refractivity contribution in [3.05, 3.63) is 84.4 Å². The molecule has 9 heteroatoms. The van der Waals surface area contributed by atoms with Gasteiger partial charge in [0, 0.05) is 31.1 Å². The van der Waals surface area contributed by atoms with Crippen molar-refractivity contribution in [2.45, 2.75) is 32.2 Å². The smallest absolute Gasteiger partial charge is 0.320 e. The lowest BCUT2D eigenvalue weighted by atomic mass is 9.94. The molecule has 0 saturated carbocycles. The number of carbonyl (C=O) groups excluding carboxylic acids is 3. The van der Waals surface area contributed by atoms with E-state index in [1.807, 2.05) is 43.3 Å². The topological polar surface area (TPSA) is 109 Å². The fraction of sp³-hybridized carbons (Fsp3) is 0.323. The molecule has 0 bridgehead atoms. The molecule has 1 fully saturated rings. The maximum absolute atomic E-state index is 13.6. The van der Waals surface area contributed by atoms with Gasteiger partial charge in [0.2, 0.25) is 11.8 Å². The predicted molar refractivity (Wildman–Crippen MR) is 155 cm³/mol. The molecule has 210 valence electrons. The second-order valence-electron chi connectivity index (χ2n) is 9.59. The third-order valence-electron chi connectivity index (χ3n) is 6.86. The van der Waals surface area contributed by atoms with Gasteiger partial charge >= 0.3 is 6.03 Å². The first kappa shape index (κ1) is 28.5. The SMILES string of the molecule is CCOc1ccccc1NC(=O)N[C@H](Cc1ccccc1)C(=O)N1CCC(C(=O)Nc2ccc(OC)cc2)CC1. The zero-order valence-electron chi connectivity index (χ0n) is 22.9. The van der Waals surface area contributed by atoms with Crippen molar-refractivity contribution in [3.8, 4) is 11.5 Å². The molecule has 4 rings (SSSR count). The van der Waals surface area contributed by atoms with Gasteiger partial charge in [-0.1, -0.05) is 42.5 Å². The van der Waals surface area contributed by atoms with Gasteiger partial charge in [-0.3, -0.25) is 9.59 Å². The maximum Gasteiger partial charge on any atom is 0.320 e. The minimum atomic E-state index is -0.772. The molecule has 0 radical (unpaired) electrons. The predicted octanol–water partition coefficient (Wildman–Crippen LogP) is 4.70. The summed E-state index contributed by atoms with van der Waals surface area (Å²) in [5, 5.41) is 8.64. The van der Waals surface area contributed by atoms with Crippen molar-refractivity contribution in [1.82, 2.24) is 10.2 Å². The summed E-state index contributed by atoms with van der Waals surface area (Å²) in [6, 6.07) is 22.7. The van der Waals surface area contributed by atoms with Gasteiger partial charge in [0.1, 0.15) is 17.5 Å². The van der Waals surface area contributed by atoms with Gasteiger partial charge in [-0.05, 0) is 61.7 Å². The lowest BCUT2D eigenvalue weighted by molar-refractivity contribution is -0.136. The number of urea groups is 1. The highest BCUT2D eigenvalue weighted by Gasteiger charge is 2.32. The summed E-state index contributed by atoms with van der Waals surface area (Å²) in [6.45, 7) is 3.20. The number of benzene rings is 3. The highest BCUT2D eigenvalue weighted by atomic mass is 16.5. The molecule has 9 nitrogen and oxygen atoms in total. The Morgan fingerprint density at radius 2 is 1.57 bits per heavy atom. The van der Waals surface area contributed by atoms with Gasteiger partial charge in [-0.15, -0.1) is 0 Å². The number of nitrogens with zero attached hydrogens (tertiary/aromatic N) is 1. The molecule has 3 aromatic rings. The quantitative estimate of drug-likeness (QED) is 0.343. The standard InChI is InChI=1S/C31H36N4O5/c1-3-40-28-12-8-7-11-26(28)33-31(38)34-27(21-22-9-5-4-6-10-22)30(37)35-19-17-23(18-20-35)29(36)32-24-13-15-25(39-2)16-14-24/h4-16,23,27H,3,17-21H2,1-2H3,(H,32,36)(H2,33,34,38)/t27-/m1/s1. The second-order valence-corrected chi connectivity index (χ2v) is 9.59. The van der Waals surface area contributed by atoms with Crippen LogP contribution in [0.15, 0.2) is 78.9 Å². The van der Waals surface area contributed by atoms with Crippen LogP contribution >= 0.6 is 0 Å². The molecule has 0 aromatic heterocycles. The number of likely N-dealkylation sites (tertiary alicyclic amines) is 1. The Morgan fingerprint density at radius 3 is 2.25 bits per heavy atom. The normalized spacial score (nSPS) is 14.1. The number of methoxy groups -OCH3 is 1. The zero-order valence-corrected chi connectivity index (χ0v) is 22.9. The Hall–Kier alpha value is -4.53. The first-order valence-corrected chi connectivity index (χ1v) is 13.5. The third kappa shape index (κ3) is 7.75. The Bertz CT molecular complexity index is 1270. The molecular weight excluding hydrogens is 508 g/mol. The van der Waals surface area contributed by atoms with E-state index in [9.17, 15) is 14.4 Å². The van der Waals surface area contributed by atoms with Crippen molar-refractivity contribution in [2.24, 2.45) is 5.92 Å². The number of hydrogen-bond acceptors (Lipinski definition) is 5. The summed E-state index contributed by atoms with van der Waals surface area (Å²) in [4.78, 5) is 41.2. The van der Waals surface area contributed by atoms with Crippen LogP contribution in [0.4, 0.5) is 16.2 Å². The van der Waals surface area contributed by atoms with Crippen LogP contribution in [-0.2, 0) is 16.0 Å². The number of anilines is 2. The third-order valence-corrected chi connectivity index (χ3v) is 6.86. The fourth-order valence-corrected chi connectivity index (χ4v) is 4.72. The Balaban J connectivity index is 1.38. The molecule has 1 heterocycles. The molecule has 0 aliphatic carbocycles. The van der Waals surface area contributed by atoms with Crippen molar-refractivity contribution in [1.29, 1.82) is 0 Å². The van der Waals surface area contributed by atoms with Gasteiger partial charge in [-0.2, -0.15) is 0 Å². The van der Waals surface area contributed by atoms with Gasteiger partial charge in [-0.25, -0.2) is 4.79 Å². The summed E-state index contributed by atoms with van der Waals surface area (Å²) in [5.74, 6) is 0.830. The molecule has 40 heavy (non-hydrogen) atoms. The Morgan fingerprint density at radius 1 is 0.900 bits per heavy atom. The van der Waals surface area contributed by atoms with Crippen LogP contribution < -0.4 is 25.4 Å². The largest absolute Gasteiger partial charge is 0.497 e. The van der Waals surface area contributed by atoms with Crippen LogP contribution in [-0.4, -0.2) is 55.6 Å². The lowest BCUT2D eigenvalue weighted by Crippen LogP contribution is -2.53. The molecule has 1 atom stereocenters. The summed E-state index contributed by atoms with van der Waals surface area (Å²) >= 11 is 0. The molecule has 4 amide bonds. The van der Waals surface area contributed by atoms with Crippen LogP contribution in [0.3, 0.4) is 0 Å². The minimum Gasteiger partial charge on any atom is -0.497 e. The van der Waals surface area contributed by atoms with Gasteiger partial charge in [0.15, 0.2) is 0 Å². The number of carbonyl (C=O) groups is 3. The average Bonchev–Trinajstić information content (AvgIpc) is 2.98. The molecule has 0 unspecified atom stereocenters. The number of rotatable bonds is 10. The maximum atomic E-state index is 13.6. The molecule has 3 N–H and O–H groups in total. The van der Waals surface area contributed by atoms with E-state index in [1.165, 1.54) is 0 Å². The minimum absolute atomic E-state index is 0.0661. The van der Waals surface area contributed by atoms with E-state index in [2.05, 4.69) is 16.0 Å². The zero-order chi connectivity index (χ0) is 28.3. The van der Waals surface area contributed by atoms with E-state index >= 15 is 0 Å². The number of amides is 4. The van der Waals surface area contributed by atoms with E-state index in [0.29, 0.717) is 56.1 Å². The highest BCUT2D eigenvalue weighted by Crippen LogP contribution is 2.24. The van der Waals surface area contributed by atoms with E-state index in [1.54, 1.807) is 54.5 Å². The summed E-state index contributed by atoms with van der Waals surface area (Å²) < 4.78 is 10.8. The average molecular weight is 545 g/mol. The summed E-state index contributed by atoms with van der Waals surface area (Å²) in [6.07, 6.45) is 1.43. The van der Waals surface area contributed by atoms with Crippen molar-refractivity contribution >= 4 is 29.2 Å². The molecule has 1 saturated heterocycles. The summed E-state index contributed by atoms with van der Waals surface area (Å²) in [7, 11) is 1.59. The van der Waals surface area contributed by atoms with Gasteiger partial charge in [0.05, 0.1) is 19.4 Å². The van der Waals surface area contributed by atoms with E-state index in [4.69, 9.17) is 9.47 Å². The Labute approximate surface area is 234 Å². The van der Waals surface area contributed by atoms with Crippen LogP contribution in [0.1, 0.15) is 25.3 Å². The fourth-order valence-electron chi connectivity index (χ4n) is 4.72. The second kappa shape index (κ2) is 14.0. The number of hydrogen-bond donors (Lipinski definition) is 3. The monoisotopic (exact) mass is 544 g/mol. The number of para-hydroxylation sites is 2. The van der Waals surface area contributed by atoms with Crippen molar-refractivity contribution < 1.29 is 23.9 Å². The first-order chi connectivity index (χ1) is 19.5. The number of piperidine rings is 1. The first-order valence-electron chi connectivity index (χ1n) is 13.5.